The Bertz CT molecular complexity index is 1940. The largest absolute Gasteiger partial charge is 0.489 e. The molecule has 4 aromatic carbocycles. The lowest BCUT2D eigenvalue weighted by molar-refractivity contribution is -0.110. The van der Waals surface area contributed by atoms with Crippen LogP contribution in [0.2, 0.25) is 0 Å². The van der Waals surface area contributed by atoms with E-state index in [1.54, 1.807) is 51.1 Å². The average molecular weight is 728 g/mol. The number of nitrogens with two attached hydrogens (primary N) is 1. The van der Waals surface area contributed by atoms with Gasteiger partial charge >= 0.3 is 12.3 Å². The van der Waals surface area contributed by atoms with E-state index in [9.17, 15) is 22.8 Å². The van der Waals surface area contributed by atoms with Gasteiger partial charge in [0.15, 0.2) is 0 Å². The third-order valence-corrected chi connectivity index (χ3v) is 8.07. The van der Waals surface area contributed by atoms with Crippen LogP contribution in [0, 0.1) is 5.92 Å². The van der Waals surface area contributed by atoms with Gasteiger partial charge in [-0.3, -0.25) is 4.79 Å². The maximum absolute atomic E-state index is 13.6. The molecule has 278 valence electrons. The van der Waals surface area contributed by atoms with Gasteiger partial charge in [-0.15, -0.1) is 0 Å². The molecule has 1 aliphatic carbocycles. The molecule has 12 heteroatoms. The van der Waals surface area contributed by atoms with Gasteiger partial charge in [0.05, 0.1) is 11.7 Å². The first kappa shape index (κ1) is 38.6. The standard InChI is InChI=1S/C41H44F3N5O4/c1-40(2,3)53-39(51)47-25-29-12-7-15-32(20-29)48-35(23-36(45)41(42,43)44)38(50)49-33-16-8-13-30(21-33)37(46-24-27-18-19-27)31-14-9-17-34(22-31)52-26-28-10-5-4-6-11-28/h4-17,20-23,27,37,46H,18-19,24-26,45H2,1-3H3,(H,47,51)(H,49,50)/b36-23-,48-35?. The molecular formula is C41H44F3N5O4. The van der Waals surface area contributed by atoms with Gasteiger partial charge < -0.3 is 31.2 Å². The number of amides is 2. The van der Waals surface area contributed by atoms with E-state index in [4.69, 9.17) is 15.2 Å². The molecule has 0 heterocycles. The monoisotopic (exact) mass is 727 g/mol. The summed E-state index contributed by atoms with van der Waals surface area (Å²) < 4.78 is 52.0. The van der Waals surface area contributed by atoms with E-state index in [1.165, 1.54) is 12.1 Å². The molecule has 53 heavy (non-hydrogen) atoms. The zero-order valence-corrected chi connectivity index (χ0v) is 29.9. The lowest BCUT2D eigenvalue weighted by Crippen LogP contribution is -2.32. The molecule has 1 unspecified atom stereocenters. The Morgan fingerprint density at radius 2 is 1.57 bits per heavy atom. The normalized spacial score (nSPS) is 14.3. The van der Waals surface area contributed by atoms with Gasteiger partial charge in [0.25, 0.3) is 5.91 Å². The van der Waals surface area contributed by atoms with Crippen LogP contribution in [0.4, 0.5) is 29.3 Å². The van der Waals surface area contributed by atoms with Gasteiger partial charge in [0.2, 0.25) is 0 Å². The number of hydrogen-bond acceptors (Lipinski definition) is 7. The number of halogens is 3. The van der Waals surface area contributed by atoms with E-state index in [1.807, 2.05) is 60.7 Å². The Hall–Kier alpha value is -5.62. The number of nitrogens with one attached hydrogen (secondary N) is 3. The van der Waals surface area contributed by atoms with Gasteiger partial charge in [0.1, 0.15) is 29.4 Å². The number of anilines is 1. The van der Waals surface area contributed by atoms with Crippen LogP contribution in [0.25, 0.3) is 0 Å². The summed E-state index contributed by atoms with van der Waals surface area (Å²) in [4.78, 5) is 30.0. The van der Waals surface area contributed by atoms with Gasteiger partial charge in [-0.05, 0) is 111 Å². The zero-order valence-electron chi connectivity index (χ0n) is 29.9. The number of carbonyl (C=O) groups excluding carboxylic acids is 2. The molecule has 0 aromatic heterocycles. The van der Waals surface area contributed by atoms with Crippen molar-refractivity contribution in [3.05, 3.63) is 137 Å². The fourth-order valence-corrected chi connectivity index (χ4v) is 5.29. The minimum absolute atomic E-state index is 0.0606. The molecule has 0 aliphatic heterocycles. The predicted octanol–water partition coefficient (Wildman–Crippen LogP) is 8.50. The highest BCUT2D eigenvalue weighted by Gasteiger charge is 2.32. The number of alkyl carbamates (subject to hydrolysis) is 1. The lowest BCUT2D eigenvalue weighted by atomic mass is 9.97. The van der Waals surface area contributed by atoms with Crippen molar-refractivity contribution < 1.29 is 32.2 Å². The van der Waals surface area contributed by atoms with Crippen LogP contribution in [-0.2, 0) is 22.7 Å². The quantitative estimate of drug-likeness (QED) is 0.0966. The van der Waals surface area contributed by atoms with Crippen LogP contribution in [0.1, 0.15) is 61.9 Å². The molecule has 2 amide bonds. The first-order chi connectivity index (χ1) is 25.2. The van der Waals surface area contributed by atoms with Crippen LogP contribution in [0.15, 0.2) is 120 Å². The second-order valence-electron chi connectivity index (χ2n) is 13.8. The molecule has 0 spiro atoms. The molecule has 1 saturated carbocycles. The minimum Gasteiger partial charge on any atom is -0.489 e. The Morgan fingerprint density at radius 3 is 2.26 bits per heavy atom. The number of aliphatic imine (C=N–C) groups is 1. The topological polar surface area (TPSA) is 127 Å². The number of ether oxygens (including phenoxy) is 2. The zero-order chi connectivity index (χ0) is 38.0. The smallest absolute Gasteiger partial charge is 0.430 e. The molecule has 1 fully saturated rings. The van der Waals surface area contributed by atoms with Gasteiger partial charge in [-0.1, -0.05) is 66.7 Å². The number of hydrogen-bond donors (Lipinski definition) is 4. The van der Waals surface area contributed by atoms with E-state index in [0.29, 0.717) is 35.6 Å². The van der Waals surface area contributed by atoms with Crippen molar-refractivity contribution in [1.82, 2.24) is 10.6 Å². The highest BCUT2D eigenvalue weighted by molar-refractivity contribution is 6.47. The van der Waals surface area contributed by atoms with E-state index in [-0.39, 0.29) is 18.3 Å². The maximum Gasteiger partial charge on any atom is 0.430 e. The molecule has 5 N–H and O–H groups in total. The van der Waals surface area contributed by atoms with E-state index < -0.39 is 35.2 Å². The third-order valence-electron chi connectivity index (χ3n) is 8.07. The van der Waals surface area contributed by atoms with E-state index in [2.05, 4.69) is 20.9 Å². The van der Waals surface area contributed by atoms with Crippen molar-refractivity contribution in [2.24, 2.45) is 16.6 Å². The molecule has 5 rings (SSSR count). The highest BCUT2D eigenvalue weighted by Crippen LogP contribution is 2.32. The molecular weight excluding hydrogens is 683 g/mol. The number of allylic oxidation sites excluding steroid dienone is 1. The van der Waals surface area contributed by atoms with Crippen molar-refractivity contribution in [1.29, 1.82) is 0 Å². The maximum atomic E-state index is 13.6. The fraction of sp³-hybridized carbons (Fsp3) is 0.293. The van der Waals surface area contributed by atoms with Crippen molar-refractivity contribution in [3.8, 4) is 5.75 Å². The van der Waals surface area contributed by atoms with Crippen LogP contribution in [0.3, 0.4) is 0 Å². The highest BCUT2D eigenvalue weighted by atomic mass is 19.4. The fourth-order valence-electron chi connectivity index (χ4n) is 5.29. The van der Waals surface area contributed by atoms with Crippen LogP contribution >= 0.6 is 0 Å². The summed E-state index contributed by atoms with van der Waals surface area (Å²) in [6.07, 6.45) is -2.72. The summed E-state index contributed by atoms with van der Waals surface area (Å²) in [6, 6.07) is 30.9. The lowest BCUT2D eigenvalue weighted by Gasteiger charge is -2.21. The Morgan fingerprint density at radius 1 is 0.887 bits per heavy atom. The van der Waals surface area contributed by atoms with Crippen molar-refractivity contribution in [2.75, 3.05) is 11.9 Å². The van der Waals surface area contributed by atoms with Crippen LogP contribution in [0.5, 0.6) is 5.75 Å². The first-order valence-corrected chi connectivity index (χ1v) is 17.3. The number of benzene rings is 4. The number of carbonyl (C=O) groups is 2. The molecule has 0 saturated heterocycles. The van der Waals surface area contributed by atoms with Crippen molar-refractivity contribution in [3.63, 3.8) is 0 Å². The predicted molar refractivity (Wildman–Crippen MR) is 200 cm³/mol. The molecule has 0 bridgehead atoms. The second-order valence-corrected chi connectivity index (χ2v) is 13.8. The first-order valence-electron chi connectivity index (χ1n) is 17.3. The molecule has 1 aliphatic rings. The van der Waals surface area contributed by atoms with Gasteiger partial charge in [-0.2, -0.15) is 13.2 Å². The Balaban J connectivity index is 1.37. The second kappa shape index (κ2) is 17.3. The molecule has 1 atom stereocenters. The molecule has 9 nitrogen and oxygen atoms in total. The number of rotatable bonds is 14. The number of nitrogens with zero attached hydrogens (tertiary/aromatic N) is 1. The van der Waals surface area contributed by atoms with Crippen molar-refractivity contribution in [2.45, 2.75) is 64.6 Å². The van der Waals surface area contributed by atoms with E-state index in [0.717, 1.165) is 36.1 Å². The van der Waals surface area contributed by atoms with Gasteiger partial charge in [-0.25, -0.2) is 9.79 Å². The van der Waals surface area contributed by atoms with Crippen LogP contribution in [-0.4, -0.2) is 36.0 Å². The summed E-state index contributed by atoms with van der Waals surface area (Å²) in [6.45, 7) is 6.47. The summed E-state index contributed by atoms with van der Waals surface area (Å²) in [5.41, 5.74) is 6.54. The van der Waals surface area contributed by atoms with Crippen molar-refractivity contribution >= 4 is 29.1 Å². The Labute approximate surface area is 307 Å². The Kier molecular flexibility index (Phi) is 12.6. The summed E-state index contributed by atoms with van der Waals surface area (Å²) in [7, 11) is 0. The summed E-state index contributed by atoms with van der Waals surface area (Å²) >= 11 is 0. The number of alkyl halides is 3. The molecule has 0 radical (unpaired) electrons. The van der Waals surface area contributed by atoms with Crippen LogP contribution < -0.4 is 26.4 Å². The minimum atomic E-state index is -4.89. The van der Waals surface area contributed by atoms with Gasteiger partial charge in [0, 0.05) is 12.2 Å². The summed E-state index contributed by atoms with van der Waals surface area (Å²) in [5.74, 6) is 0.383. The SMILES string of the molecule is CC(C)(C)OC(=O)NCc1cccc(N=C(/C=C(\N)C(F)(F)F)C(=O)Nc2cccc(C(NCC3CC3)c3cccc(OCc4ccccc4)c3)c2)c1. The molecule has 4 aromatic rings. The third kappa shape index (κ3) is 12.5. The average Bonchev–Trinajstić information content (AvgIpc) is 3.94. The summed E-state index contributed by atoms with van der Waals surface area (Å²) in [5, 5.41) is 8.98. The van der Waals surface area contributed by atoms with E-state index >= 15 is 0 Å².